The summed E-state index contributed by atoms with van der Waals surface area (Å²) in [5.41, 5.74) is 6.80. The lowest BCUT2D eigenvalue weighted by Crippen LogP contribution is -2.44. The van der Waals surface area contributed by atoms with E-state index in [0.717, 1.165) is 12.0 Å². The van der Waals surface area contributed by atoms with Crippen molar-refractivity contribution in [3.63, 3.8) is 0 Å². The fourth-order valence-electron chi connectivity index (χ4n) is 2.35. The molecule has 26 heavy (non-hydrogen) atoms. The van der Waals surface area contributed by atoms with Crippen molar-refractivity contribution in [1.82, 2.24) is 10.2 Å². The summed E-state index contributed by atoms with van der Waals surface area (Å²) >= 11 is 11.3. The first-order valence-electron chi connectivity index (χ1n) is 8.14. The van der Waals surface area contributed by atoms with E-state index in [1.54, 1.807) is 29.2 Å². The largest absolute Gasteiger partial charge is 0.370 e. The molecule has 0 spiro atoms. The number of hydrogen-bond acceptors (Lipinski definition) is 3. The van der Waals surface area contributed by atoms with Crippen LogP contribution in [-0.4, -0.2) is 34.9 Å². The molecule has 3 N–H and O–H groups in total. The summed E-state index contributed by atoms with van der Waals surface area (Å²) in [6.45, 7) is 0.906. The van der Waals surface area contributed by atoms with E-state index in [4.69, 9.17) is 29.6 Å². The van der Waals surface area contributed by atoms with Crippen LogP contribution in [0.3, 0.4) is 0 Å². The van der Waals surface area contributed by atoms with Crippen LogP contribution in [-0.2, 0) is 11.2 Å². The fourth-order valence-corrected chi connectivity index (χ4v) is 2.81. The second-order valence-corrected chi connectivity index (χ2v) is 6.53. The van der Waals surface area contributed by atoms with Crippen LogP contribution in [0.25, 0.3) is 0 Å². The predicted octanol–water partition coefficient (Wildman–Crippen LogP) is 2.77. The number of nitrogens with one attached hydrogen (secondary N) is 1. The van der Waals surface area contributed by atoms with Crippen molar-refractivity contribution in [1.29, 1.82) is 0 Å². The summed E-state index contributed by atoms with van der Waals surface area (Å²) < 4.78 is 0. The summed E-state index contributed by atoms with van der Waals surface area (Å²) in [5, 5.41) is 3.42. The normalized spacial score (nSPS) is 10.2. The summed E-state index contributed by atoms with van der Waals surface area (Å²) in [7, 11) is 0. The van der Waals surface area contributed by atoms with Crippen LogP contribution in [0.1, 0.15) is 22.3 Å². The molecule has 136 valence electrons. The molecule has 0 heterocycles. The molecule has 0 aliphatic heterocycles. The minimum atomic E-state index is -0.418. The number of nitrogens with zero attached hydrogens (tertiary/aromatic N) is 1. The van der Waals surface area contributed by atoms with Gasteiger partial charge in [-0.2, -0.15) is 0 Å². The maximum atomic E-state index is 12.3. The molecule has 0 atom stereocenters. The van der Waals surface area contributed by atoms with E-state index in [-0.39, 0.29) is 17.4 Å². The van der Waals surface area contributed by atoms with Gasteiger partial charge in [-0.05, 0) is 42.4 Å². The molecule has 0 aliphatic rings. The van der Waals surface area contributed by atoms with Gasteiger partial charge in [0.05, 0.1) is 0 Å². The van der Waals surface area contributed by atoms with Gasteiger partial charge in [-0.1, -0.05) is 48.0 Å². The first-order chi connectivity index (χ1) is 12.5. The second kappa shape index (κ2) is 9.89. The van der Waals surface area contributed by atoms with Gasteiger partial charge < -0.3 is 10.6 Å². The SMILES string of the molecule is NC(=O)CCN(CCc1ccccc1)C(=S)NC(=O)c1cccc(Cl)c1. The minimum Gasteiger partial charge on any atom is -0.370 e. The number of amides is 2. The van der Waals surface area contributed by atoms with E-state index in [2.05, 4.69) is 5.32 Å². The lowest BCUT2D eigenvalue weighted by Gasteiger charge is -2.25. The Morgan fingerprint density at radius 1 is 1.08 bits per heavy atom. The Bertz CT molecular complexity index is 783. The quantitative estimate of drug-likeness (QED) is 0.714. The van der Waals surface area contributed by atoms with Gasteiger partial charge in [0.25, 0.3) is 5.91 Å². The van der Waals surface area contributed by atoms with E-state index in [9.17, 15) is 9.59 Å². The molecule has 2 aromatic rings. The van der Waals surface area contributed by atoms with Crippen molar-refractivity contribution in [2.24, 2.45) is 5.73 Å². The van der Waals surface area contributed by atoms with Crippen LogP contribution in [0.5, 0.6) is 0 Å². The van der Waals surface area contributed by atoms with Gasteiger partial charge in [-0.3, -0.25) is 14.9 Å². The third-order valence-corrected chi connectivity index (χ3v) is 4.33. The second-order valence-electron chi connectivity index (χ2n) is 5.71. The standard InChI is InChI=1S/C19H20ClN3O2S/c20-16-8-4-7-15(13-16)18(25)22-19(26)23(12-10-17(21)24)11-9-14-5-2-1-3-6-14/h1-8,13H,9-12H2,(H2,21,24)(H,22,25,26). The average Bonchev–Trinajstić information content (AvgIpc) is 2.62. The number of carbonyl (C=O) groups is 2. The van der Waals surface area contributed by atoms with Crippen LogP contribution < -0.4 is 11.1 Å². The number of hydrogen-bond donors (Lipinski definition) is 2. The Kier molecular flexibility index (Phi) is 7.56. The van der Waals surface area contributed by atoms with Crippen LogP contribution in [0, 0.1) is 0 Å². The van der Waals surface area contributed by atoms with Crippen molar-refractivity contribution in [3.05, 3.63) is 70.7 Å². The maximum Gasteiger partial charge on any atom is 0.257 e. The molecule has 0 fully saturated rings. The van der Waals surface area contributed by atoms with Crippen LogP contribution >= 0.6 is 23.8 Å². The third kappa shape index (κ3) is 6.46. The predicted molar refractivity (Wildman–Crippen MR) is 107 cm³/mol. The summed E-state index contributed by atoms with van der Waals surface area (Å²) in [5.74, 6) is -0.764. The van der Waals surface area contributed by atoms with Gasteiger partial charge in [0.2, 0.25) is 5.91 Å². The minimum absolute atomic E-state index is 0.155. The van der Waals surface area contributed by atoms with Crippen LogP contribution in [0.4, 0.5) is 0 Å². The molecule has 0 aromatic heterocycles. The van der Waals surface area contributed by atoms with Crippen molar-refractivity contribution in [2.75, 3.05) is 13.1 Å². The number of nitrogens with two attached hydrogens (primary N) is 1. The number of carbonyl (C=O) groups excluding carboxylic acids is 2. The molecule has 0 saturated carbocycles. The Morgan fingerprint density at radius 2 is 1.81 bits per heavy atom. The van der Waals surface area contributed by atoms with Gasteiger partial charge in [0.1, 0.15) is 0 Å². The van der Waals surface area contributed by atoms with E-state index < -0.39 is 5.91 Å². The summed E-state index contributed by atoms with van der Waals surface area (Å²) in [6.07, 6.45) is 0.884. The zero-order valence-electron chi connectivity index (χ0n) is 14.2. The lowest BCUT2D eigenvalue weighted by molar-refractivity contribution is -0.118. The number of thiocarbonyl (C=S) groups is 1. The molecule has 0 aliphatic carbocycles. The Balaban J connectivity index is 2.01. The fraction of sp³-hybridized carbons (Fsp3) is 0.211. The van der Waals surface area contributed by atoms with Crippen molar-refractivity contribution >= 4 is 40.7 Å². The maximum absolute atomic E-state index is 12.3. The molecular formula is C19H20ClN3O2S. The number of benzene rings is 2. The van der Waals surface area contributed by atoms with E-state index in [1.807, 2.05) is 30.3 Å². The number of primary amides is 1. The van der Waals surface area contributed by atoms with Crippen LogP contribution in [0.15, 0.2) is 54.6 Å². The first kappa shape index (κ1) is 19.9. The summed E-state index contributed by atoms with van der Waals surface area (Å²) in [6, 6.07) is 16.5. The molecule has 2 rings (SSSR count). The third-order valence-electron chi connectivity index (χ3n) is 3.74. The van der Waals surface area contributed by atoms with Crippen molar-refractivity contribution in [2.45, 2.75) is 12.8 Å². The Labute approximate surface area is 163 Å². The molecule has 2 amide bonds. The highest BCUT2D eigenvalue weighted by Gasteiger charge is 2.15. The van der Waals surface area contributed by atoms with Gasteiger partial charge in [0, 0.05) is 30.1 Å². The van der Waals surface area contributed by atoms with Crippen molar-refractivity contribution in [3.8, 4) is 0 Å². The monoisotopic (exact) mass is 389 g/mol. The zero-order chi connectivity index (χ0) is 18.9. The highest BCUT2D eigenvalue weighted by atomic mass is 35.5. The molecule has 2 aromatic carbocycles. The van der Waals surface area contributed by atoms with Crippen LogP contribution in [0.2, 0.25) is 5.02 Å². The molecular weight excluding hydrogens is 370 g/mol. The van der Waals surface area contributed by atoms with E-state index in [0.29, 0.717) is 23.7 Å². The topological polar surface area (TPSA) is 75.4 Å². The van der Waals surface area contributed by atoms with E-state index >= 15 is 0 Å². The first-order valence-corrected chi connectivity index (χ1v) is 8.92. The number of halogens is 1. The summed E-state index contributed by atoms with van der Waals surface area (Å²) in [4.78, 5) is 25.3. The molecule has 7 heteroatoms. The van der Waals surface area contributed by atoms with Crippen molar-refractivity contribution < 1.29 is 9.59 Å². The zero-order valence-corrected chi connectivity index (χ0v) is 15.7. The Hall–Kier alpha value is -2.44. The molecule has 0 radical (unpaired) electrons. The van der Waals surface area contributed by atoms with Gasteiger partial charge >= 0.3 is 0 Å². The average molecular weight is 390 g/mol. The molecule has 0 saturated heterocycles. The lowest BCUT2D eigenvalue weighted by atomic mass is 10.1. The molecule has 5 nitrogen and oxygen atoms in total. The van der Waals surface area contributed by atoms with Gasteiger partial charge in [0.15, 0.2) is 5.11 Å². The van der Waals surface area contributed by atoms with Gasteiger partial charge in [-0.15, -0.1) is 0 Å². The Morgan fingerprint density at radius 3 is 2.46 bits per heavy atom. The highest BCUT2D eigenvalue weighted by molar-refractivity contribution is 7.80. The smallest absolute Gasteiger partial charge is 0.257 e. The van der Waals surface area contributed by atoms with E-state index in [1.165, 1.54) is 0 Å². The number of rotatable bonds is 7. The molecule has 0 bridgehead atoms. The highest BCUT2D eigenvalue weighted by Crippen LogP contribution is 2.11. The van der Waals surface area contributed by atoms with Gasteiger partial charge in [-0.25, -0.2) is 0 Å². The molecule has 0 unspecified atom stereocenters.